The van der Waals surface area contributed by atoms with Gasteiger partial charge in [0, 0.05) is 23.2 Å². The molecular weight excluding hydrogens is 326 g/mol. The summed E-state index contributed by atoms with van der Waals surface area (Å²) in [5.74, 6) is 0.0174. The number of ether oxygens (including phenoxy) is 1. The Hall–Kier alpha value is -2.67. The average Bonchev–Trinajstić information content (AvgIpc) is 2.98. The van der Waals surface area contributed by atoms with Gasteiger partial charge in [-0.15, -0.1) is 17.9 Å². The van der Waals surface area contributed by atoms with E-state index in [0.29, 0.717) is 16.4 Å². The van der Waals surface area contributed by atoms with Gasteiger partial charge in [0.2, 0.25) is 5.91 Å². The van der Waals surface area contributed by atoms with Gasteiger partial charge in [-0.2, -0.15) is 0 Å². The predicted molar refractivity (Wildman–Crippen MR) is 94.6 cm³/mol. The molecule has 0 bridgehead atoms. The van der Waals surface area contributed by atoms with E-state index in [-0.39, 0.29) is 24.9 Å². The van der Waals surface area contributed by atoms with Crippen LogP contribution in [0.2, 0.25) is 0 Å². The molecule has 1 aromatic carbocycles. The van der Waals surface area contributed by atoms with Crippen LogP contribution < -0.4 is 10.1 Å². The minimum absolute atomic E-state index is 0.0826. The van der Waals surface area contributed by atoms with Crippen LogP contribution in [0, 0.1) is 6.92 Å². The van der Waals surface area contributed by atoms with Gasteiger partial charge in [-0.3, -0.25) is 9.59 Å². The van der Waals surface area contributed by atoms with Crippen molar-refractivity contribution in [3.8, 4) is 5.75 Å². The van der Waals surface area contributed by atoms with E-state index in [4.69, 9.17) is 4.74 Å². The van der Waals surface area contributed by atoms with Gasteiger partial charge in [-0.05, 0) is 25.1 Å². The minimum Gasteiger partial charge on any atom is -0.497 e. The molecule has 7 heteroatoms. The van der Waals surface area contributed by atoms with Gasteiger partial charge in [0.25, 0.3) is 5.91 Å². The highest BCUT2D eigenvalue weighted by Gasteiger charge is 2.19. The summed E-state index contributed by atoms with van der Waals surface area (Å²) in [6.45, 7) is 5.73. The quantitative estimate of drug-likeness (QED) is 0.783. The van der Waals surface area contributed by atoms with Crippen LogP contribution in [-0.2, 0) is 4.79 Å². The molecule has 0 atom stereocenters. The fourth-order valence-corrected chi connectivity index (χ4v) is 2.74. The largest absolute Gasteiger partial charge is 0.497 e. The molecule has 2 amide bonds. The summed E-state index contributed by atoms with van der Waals surface area (Å²) >= 11 is 1.38. The first kappa shape index (κ1) is 17.7. The van der Waals surface area contributed by atoms with E-state index in [1.165, 1.54) is 23.3 Å². The number of hydrogen-bond donors (Lipinski definition) is 1. The van der Waals surface area contributed by atoms with E-state index >= 15 is 0 Å². The first-order valence-corrected chi connectivity index (χ1v) is 8.11. The van der Waals surface area contributed by atoms with Gasteiger partial charge < -0.3 is 15.0 Å². The van der Waals surface area contributed by atoms with Gasteiger partial charge >= 0.3 is 0 Å². The molecule has 0 aliphatic rings. The third-order valence-corrected chi connectivity index (χ3v) is 3.98. The molecule has 1 aromatic heterocycles. The number of methoxy groups -OCH3 is 1. The second-order valence-electron chi connectivity index (χ2n) is 5.03. The topological polar surface area (TPSA) is 71.5 Å². The Balaban J connectivity index is 2.08. The smallest absolute Gasteiger partial charge is 0.254 e. The molecule has 24 heavy (non-hydrogen) atoms. The van der Waals surface area contributed by atoms with Crippen LogP contribution in [0.15, 0.2) is 43.1 Å². The Labute approximate surface area is 144 Å². The van der Waals surface area contributed by atoms with Gasteiger partial charge in [0.1, 0.15) is 12.3 Å². The SMILES string of the molecule is C=CCN(CC(=O)Nc1ncc(C)s1)C(=O)c1cccc(OC)c1. The van der Waals surface area contributed by atoms with E-state index in [2.05, 4.69) is 16.9 Å². The molecule has 0 aliphatic heterocycles. The van der Waals surface area contributed by atoms with Crippen molar-refractivity contribution in [3.05, 3.63) is 53.6 Å². The molecule has 0 spiro atoms. The summed E-state index contributed by atoms with van der Waals surface area (Å²) in [6, 6.07) is 6.81. The van der Waals surface area contributed by atoms with Crippen molar-refractivity contribution in [2.24, 2.45) is 0 Å². The molecule has 2 aromatic rings. The number of anilines is 1. The summed E-state index contributed by atoms with van der Waals surface area (Å²) in [5.41, 5.74) is 0.453. The first-order chi connectivity index (χ1) is 11.5. The average molecular weight is 345 g/mol. The van der Waals surface area contributed by atoms with Gasteiger partial charge in [-0.1, -0.05) is 12.1 Å². The molecule has 126 valence electrons. The maximum atomic E-state index is 12.6. The maximum Gasteiger partial charge on any atom is 0.254 e. The Morgan fingerprint density at radius 1 is 1.46 bits per heavy atom. The number of rotatable bonds is 7. The number of benzene rings is 1. The second-order valence-corrected chi connectivity index (χ2v) is 6.27. The summed E-state index contributed by atoms with van der Waals surface area (Å²) < 4.78 is 5.13. The van der Waals surface area contributed by atoms with E-state index in [1.807, 2.05) is 6.92 Å². The fraction of sp³-hybridized carbons (Fsp3) is 0.235. The zero-order chi connectivity index (χ0) is 17.5. The lowest BCUT2D eigenvalue weighted by Gasteiger charge is -2.20. The van der Waals surface area contributed by atoms with E-state index in [1.54, 1.807) is 36.5 Å². The van der Waals surface area contributed by atoms with Crippen molar-refractivity contribution in [1.29, 1.82) is 0 Å². The van der Waals surface area contributed by atoms with E-state index in [9.17, 15) is 9.59 Å². The number of aromatic nitrogens is 1. The van der Waals surface area contributed by atoms with Gasteiger partial charge in [-0.25, -0.2) is 4.98 Å². The molecule has 1 heterocycles. The Bertz CT molecular complexity index is 742. The molecule has 0 aliphatic carbocycles. The van der Waals surface area contributed by atoms with Gasteiger partial charge in [0.05, 0.1) is 7.11 Å². The molecule has 0 saturated heterocycles. The number of carbonyl (C=O) groups excluding carboxylic acids is 2. The molecule has 0 fully saturated rings. The van der Waals surface area contributed by atoms with Crippen LogP contribution >= 0.6 is 11.3 Å². The summed E-state index contributed by atoms with van der Waals surface area (Å²) in [6.07, 6.45) is 3.27. The zero-order valence-corrected chi connectivity index (χ0v) is 14.4. The lowest BCUT2D eigenvalue weighted by molar-refractivity contribution is -0.116. The standard InChI is InChI=1S/C17H19N3O3S/c1-4-8-20(11-15(21)19-17-18-10-12(2)24-17)16(22)13-6-5-7-14(9-13)23-3/h4-7,9-10H,1,8,11H2,2-3H3,(H,18,19,21). The highest BCUT2D eigenvalue weighted by Crippen LogP contribution is 2.17. The van der Waals surface area contributed by atoms with Crippen molar-refractivity contribution in [1.82, 2.24) is 9.88 Å². The lowest BCUT2D eigenvalue weighted by atomic mass is 10.2. The number of nitrogens with zero attached hydrogens (tertiary/aromatic N) is 2. The van der Waals surface area contributed by atoms with Crippen molar-refractivity contribution in [2.45, 2.75) is 6.92 Å². The second kappa shape index (κ2) is 8.26. The van der Waals surface area contributed by atoms with Crippen LogP contribution in [0.4, 0.5) is 5.13 Å². The van der Waals surface area contributed by atoms with Crippen LogP contribution in [0.1, 0.15) is 15.2 Å². The predicted octanol–water partition coefficient (Wildman–Crippen LogP) is 2.73. The number of carbonyl (C=O) groups is 2. The third-order valence-electron chi connectivity index (χ3n) is 3.16. The monoisotopic (exact) mass is 345 g/mol. The van der Waals surface area contributed by atoms with Crippen molar-refractivity contribution in [3.63, 3.8) is 0 Å². The van der Waals surface area contributed by atoms with Crippen LogP contribution in [0.25, 0.3) is 0 Å². The van der Waals surface area contributed by atoms with E-state index in [0.717, 1.165) is 4.88 Å². The number of thiazole rings is 1. The Kier molecular flexibility index (Phi) is 6.08. The maximum absolute atomic E-state index is 12.6. The molecule has 2 rings (SSSR count). The molecule has 0 radical (unpaired) electrons. The molecule has 0 unspecified atom stereocenters. The Morgan fingerprint density at radius 3 is 2.88 bits per heavy atom. The Morgan fingerprint density at radius 2 is 2.25 bits per heavy atom. The van der Waals surface area contributed by atoms with E-state index < -0.39 is 0 Å². The van der Waals surface area contributed by atoms with Crippen LogP contribution in [0.5, 0.6) is 5.75 Å². The van der Waals surface area contributed by atoms with Crippen molar-refractivity contribution in [2.75, 3.05) is 25.5 Å². The molecular formula is C17H19N3O3S. The van der Waals surface area contributed by atoms with Crippen LogP contribution in [0.3, 0.4) is 0 Å². The normalized spacial score (nSPS) is 10.1. The van der Waals surface area contributed by atoms with Crippen molar-refractivity contribution < 1.29 is 14.3 Å². The number of nitrogens with one attached hydrogen (secondary N) is 1. The molecule has 6 nitrogen and oxygen atoms in total. The summed E-state index contributed by atoms with van der Waals surface area (Å²) in [4.78, 5) is 31.3. The third kappa shape index (κ3) is 4.66. The molecule has 0 saturated carbocycles. The summed E-state index contributed by atoms with van der Waals surface area (Å²) in [5, 5.41) is 3.21. The number of amides is 2. The van der Waals surface area contributed by atoms with Crippen LogP contribution in [-0.4, -0.2) is 41.9 Å². The molecule has 1 N–H and O–H groups in total. The zero-order valence-electron chi connectivity index (χ0n) is 13.6. The highest BCUT2D eigenvalue weighted by molar-refractivity contribution is 7.15. The van der Waals surface area contributed by atoms with Gasteiger partial charge in [0.15, 0.2) is 5.13 Å². The first-order valence-electron chi connectivity index (χ1n) is 7.30. The lowest BCUT2D eigenvalue weighted by Crippen LogP contribution is -2.38. The minimum atomic E-state index is -0.303. The number of aryl methyl sites for hydroxylation is 1. The highest BCUT2D eigenvalue weighted by atomic mass is 32.1. The fourth-order valence-electron chi connectivity index (χ4n) is 2.06. The summed E-state index contributed by atoms with van der Waals surface area (Å²) in [7, 11) is 1.54. The van der Waals surface area contributed by atoms with Crippen molar-refractivity contribution >= 4 is 28.3 Å². The number of hydrogen-bond acceptors (Lipinski definition) is 5.